The summed E-state index contributed by atoms with van der Waals surface area (Å²) in [5, 5.41) is 15.1. The van der Waals surface area contributed by atoms with Crippen LogP contribution in [0.1, 0.15) is 51.9 Å². The first-order valence-corrected chi connectivity index (χ1v) is 8.10. The zero-order valence-corrected chi connectivity index (χ0v) is 13.0. The number of oxime groups is 1. The Hall–Kier alpha value is -1.30. The predicted molar refractivity (Wildman–Crippen MR) is 82.2 cm³/mol. The summed E-state index contributed by atoms with van der Waals surface area (Å²) in [6.07, 6.45) is 7.04. The van der Waals surface area contributed by atoms with Crippen molar-refractivity contribution in [1.82, 2.24) is 10.2 Å². The highest BCUT2D eigenvalue weighted by molar-refractivity contribution is 6.07. The van der Waals surface area contributed by atoms with E-state index < -0.39 is 5.41 Å². The maximum absolute atomic E-state index is 12.6. The highest BCUT2D eigenvalue weighted by Gasteiger charge is 2.45. The number of amides is 1. The van der Waals surface area contributed by atoms with Gasteiger partial charge in [0.1, 0.15) is 5.41 Å². The van der Waals surface area contributed by atoms with Crippen LogP contribution >= 0.6 is 0 Å². The largest absolute Gasteiger partial charge is 0.409 e. The van der Waals surface area contributed by atoms with Crippen LogP contribution in [0.3, 0.4) is 0 Å². The van der Waals surface area contributed by atoms with Crippen LogP contribution in [0.4, 0.5) is 0 Å². The molecule has 1 saturated heterocycles. The Labute approximate surface area is 126 Å². The topological polar surface area (TPSA) is 91.0 Å². The number of hydrogen-bond donors (Lipinski definition) is 3. The van der Waals surface area contributed by atoms with E-state index in [4.69, 9.17) is 10.9 Å². The van der Waals surface area contributed by atoms with Gasteiger partial charge in [-0.05, 0) is 45.7 Å². The van der Waals surface area contributed by atoms with Gasteiger partial charge in [0.15, 0.2) is 5.84 Å². The fourth-order valence-corrected chi connectivity index (χ4v) is 3.57. The molecule has 6 nitrogen and oxygen atoms in total. The first-order valence-electron chi connectivity index (χ1n) is 8.10. The fraction of sp³-hybridized carbons (Fsp3) is 0.867. The average Bonchev–Trinajstić information content (AvgIpc) is 3.03. The number of rotatable bonds is 5. The standard InChI is InChI=1S/C15H28N4O2/c1-12(19-9-5-2-6-10-19)11-17-14(20)15(13(16)18-21)7-3-4-8-15/h12,21H,2-11H2,1H3,(H2,16,18)(H,17,20). The van der Waals surface area contributed by atoms with Crippen molar-refractivity contribution in [2.24, 2.45) is 16.3 Å². The number of hydrogen-bond acceptors (Lipinski definition) is 4. The Balaban J connectivity index is 1.90. The molecule has 1 aliphatic heterocycles. The van der Waals surface area contributed by atoms with Crippen molar-refractivity contribution in [3.05, 3.63) is 0 Å². The molecule has 0 bridgehead atoms. The predicted octanol–water partition coefficient (Wildman–Crippen LogP) is 1.28. The smallest absolute Gasteiger partial charge is 0.234 e. The average molecular weight is 296 g/mol. The molecule has 2 fully saturated rings. The number of nitrogens with one attached hydrogen (secondary N) is 1. The minimum Gasteiger partial charge on any atom is -0.409 e. The van der Waals surface area contributed by atoms with Crippen molar-refractivity contribution >= 4 is 11.7 Å². The number of amidine groups is 1. The monoisotopic (exact) mass is 296 g/mol. The molecular weight excluding hydrogens is 268 g/mol. The van der Waals surface area contributed by atoms with E-state index in [9.17, 15) is 4.79 Å². The molecule has 4 N–H and O–H groups in total. The highest BCUT2D eigenvalue weighted by atomic mass is 16.4. The fourth-order valence-electron chi connectivity index (χ4n) is 3.57. The lowest BCUT2D eigenvalue weighted by atomic mass is 9.83. The number of nitrogens with two attached hydrogens (primary N) is 1. The first kappa shape index (κ1) is 16.1. The van der Waals surface area contributed by atoms with Gasteiger partial charge in [-0.2, -0.15) is 0 Å². The molecule has 1 unspecified atom stereocenters. The quantitative estimate of drug-likeness (QED) is 0.308. The van der Waals surface area contributed by atoms with Crippen LogP contribution in [0.15, 0.2) is 5.16 Å². The molecule has 0 aromatic heterocycles. The van der Waals surface area contributed by atoms with Gasteiger partial charge in [-0.25, -0.2) is 0 Å². The molecule has 6 heteroatoms. The summed E-state index contributed by atoms with van der Waals surface area (Å²) in [5.41, 5.74) is 5.00. The molecule has 0 spiro atoms. The summed E-state index contributed by atoms with van der Waals surface area (Å²) in [7, 11) is 0. The summed E-state index contributed by atoms with van der Waals surface area (Å²) in [5.74, 6) is -0.0257. The molecule has 0 radical (unpaired) electrons. The lowest BCUT2D eigenvalue weighted by molar-refractivity contribution is -0.127. The number of piperidine rings is 1. The summed E-state index contributed by atoms with van der Waals surface area (Å²) in [4.78, 5) is 15.0. The second-order valence-electron chi connectivity index (χ2n) is 6.43. The van der Waals surface area contributed by atoms with E-state index in [1.165, 1.54) is 19.3 Å². The normalized spacial score (nSPS) is 24.7. The minimum absolute atomic E-state index is 0.0584. The number of carbonyl (C=O) groups is 1. The third-order valence-electron chi connectivity index (χ3n) is 5.06. The Bertz CT molecular complexity index is 385. The number of carbonyl (C=O) groups excluding carboxylic acids is 1. The van der Waals surface area contributed by atoms with Crippen molar-refractivity contribution in [2.45, 2.75) is 57.9 Å². The van der Waals surface area contributed by atoms with Gasteiger partial charge in [-0.3, -0.25) is 9.69 Å². The third kappa shape index (κ3) is 3.48. The van der Waals surface area contributed by atoms with Gasteiger partial charge in [0.2, 0.25) is 5.91 Å². The van der Waals surface area contributed by atoms with Gasteiger partial charge in [-0.1, -0.05) is 24.4 Å². The van der Waals surface area contributed by atoms with E-state index in [1.54, 1.807) is 0 Å². The SMILES string of the molecule is CC(CNC(=O)C1(C(N)=NO)CCCC1)N1CCCCC1. The Kier molecular flexibility index (Phi) is 5.45. The second-order valence-corrected chi connectivity index (χ2v) is 6.43. The van der Waals surface area contributed by atoms with Gasteiger partial charge in [0.25, 0.3) is 0 Å². The summed E-state index contributed by atoms with van der Waals surface area (Å²) < 4.78 is 0. The number of likely N-dealkylation sites (tertiary alicyclic amines) is 1. The third-order valence-corrected chi connectivity index (χ3v) is 5.06. The van der Waals surface area contributed by atoms with Crippen molar-refractivity contribution in [3.8, 4) is 0 Å². The van der Waals surface area contributed by atoms with E-state index in [0.717, 1.165) is 25.9 Å². The molecule has 1 saturated carbocycles. The maximum atomic E-state index is 12.6. The van der Waals surface area contributed by atoms with Gasteiger partial charge in [0, 0.05) is 12.6 Å². The summed E-state index contributed by atoms with van der Waals surface area (Å²) in [6, 6.07) is 0.333. The van der Waals surface area contributed by atoms with E-state index in [-0.39, 0.29) is 11.7 Å². The van der Waals surface area contributed by atoms with E-state index >= 15 is 0 Å². The van der Waals surface area contributed by atoms with Crippen LogP contribution in [0.2, 0.25) is 0 Å². The minimum atomic E-state index is -0.795. The molecule has 0 aromatic rings. The van der Waals surface area contributed by atoms with E-state index in [0.29, 0.717) is 25.4 Å². The van der Waals surface area contributed by atoms with Crippen LogP contribution in [0, 0.1) is 5.41 Å². The van der Waals surface area contributed by atoms with Crippen molar-refractivity contribution in [3.63, 3.8) is 0 Å². The molecular formula is C15H28N4O2. The molecule has 1 atom stereocenters. The Morgan fingerprint density at radius 2 is 1.90 bits per heavy atom. The lowest BCUT2D eigenvalue weighted by Gasteiger charge is -2.33. The van der Waals surface area contributed by atoms with Crippen LogP contribution in [0.25, 0.3) is 0 Å². The van der Waals surface area contributed by atoms with Gasteiger partial charge in [0.05, 0.1) is 0 Å². The molecule has 2 aliphatic rings. The van der Waals surface area contributed by atoms with Crippen molar-refractivity contribution in [2.75, 3.05) is 19.6 Å². The van der Waals surface area contributed by atoms with Crippen molar-refractivity contribution < 1.29 is 10.0 Å². The molecule has 120 valence electrons. The Morgan fingerprint density at radius 1 is 1.29 bits per heavy atom. The zero-order chi connectivity index (χ0) is 15.3. The molecule has 21 heavy (non-hydrogen) atoms. The lowest BCUT2D eigenvalue weighted by Crippen LogP contribution is -2.51. The van der Waals surface area contributed by atoms with Crippen LogP contribution in [-0.2, 0) is 4.79 Å². The first-order chi connectivity index (χ1) is 10.1. The Morgan fingerprint density at radius 3 is 2.48 bits per heavy atom. The number of nitrogens with zero attached hydrogens (tertiary/aromatic N) is 2. The van der Waals surface area contributed by atoms with E-state index in [2.05, 4.69) is 22.3 Å². The molecule has 1 heterocycles. The molecule has 1 amide bonds. The van der Waals surface area contributed by atoms with Gasteiger partial charge >= 0.3 is 0 Å². The zero-order valence-electron chi connectivity index (χ0n) is 13.0. The molecule has 1 aliphatic carbocycles. The molecule has 2 rings (SSSR count). The molecule has 0 aromatic carbocycles. The van der Waals surface area contributed by atoms with Crippen LogP contribution in [0.5, 0.6) is 0 Å². The van der Waals surface area contributed by atoms with Crippen LogP contribution in [-0.4, -0.2) is 47.5 Å². The van der Waals surface area contributed by atoms with Gasteiger partial charge in [-0.15, -0.1) is 0 Å². The highest BCUT2D eigenvalue weighted by Crippen LogP contribution is 2.38. The second kappa shape index (κ2) is 7.11. The van der Waals surface area contributed by atoms with Gasteiger partial charge < -0.3 is 16.3 Å². The van der Waals surface area contributed by atoms with Crippen LogP contribution < -0.4 is 11.1 Å². The summed E-state index contributed by atoms with van der Waals surface area (Å²) in [6.45, 7) is 5.00. The summed E-state index contributed by atoms with van der Waals surface area (Å²) >= 11 is 0. The van der Waals surface area contributed by atoms with E-state index in [1.807, 2.05) is 0 Å². The maximum Gasteiger partial charge on any atom is 0.234 e. The van der Waals surface area contributed by atoms with Crippen molar-refractivity contribution in [1.29, 1.82) is 0 Å².